The third kappa shape index (κ3) is 7.02. The van der Waals surface area contributed by atoms with Gasteiger partial charge in [0.15, 0.2) is 0 Å². The smallest absolute Gasteiger partial charge is 0.433 e. The van der Waals surface area contributed by atoms with Crippen LogP contribution in [0.4, 0.5) is 0 Å². The Bertz CT molecular complexity index is 285. The molecule has 0 heterocycles. The fourth-order valence-corrected chi connectivity index (χ4v) is 2.84. The minimum absolute atomic E-state index is 0.0820. The maximum absolute atomic E-state index is 11.0. The van der Waals surface area contributed by atoms with E-state index in [-0.39, 0.29) is 12.5 Å². The van der Waals surface area contributed by atoms with Crippen LogP contribution < -0.4 is 0 Å². The molecule has 0 aliphatic carbocycles. The topological polar surface area (TPSA) is 88.1 Å². The third-order valence-corrected chi connectivity index (χ3v) is 3.53. The summed E-state index contributed by atoms with van der Waals surface area (Å²) < 4.78 is 19.6. The van der Waals surface area contributed by atoms with Crippen molar-refractivity contribution in [2.24, 2.45) is 5.92 Å². The first-order chi connectivity index (χ1) is 8.17. The molecule has 0 aromatic rings. The highest BCUT2D eigenvalue weighted by atomic mass is 28.4. The summed E-state index contributed by atoms with van der Waals surface area (Å²) in [7, 11) is -4.10. The van der Waals surface area contributed by atoms with Crippen LogP contribution in [0.2, 0.25) is 0 Å². The van der Waals surface area contributed by atoms with Gasteiger partial charge >= 0.3 is 9.05 Å². The van der Waals surface area contributed by atoms with Gasteiger partial charge in [-0.05, 0) is 5.92 Å². The molecular weight excluding hydrogens is 260 g/mol. The van der Waals surface area contributed by atoms with E-state index in [9.17, 15) is 14.4 Å². The van der Waals surface area contributed by atoms with Crippen LogP contribution in [0.15, 0.2) is 0 Å². The quantitative estimate of drug-likeness (QED) is 0.663. The zero-order valence-electron chi connectivity index (χ0n) is 11.1. The normalized spacial score (nSPS) is 11.0. The van der Waals surface area contributed by atoms with E-state index in [1.54, 1.807) is 0 Å². The van der Waals surface area contributed by atoms with Crippen molar-refractivity contribution in [3.8, 4) is 0 Å². The van der Waals surface area contributed by atoms with Crippen molar-refractivity contribution in [3.05, 3.63) is 0 Å². The highest BCUT2D eigenvalue weighted by molar-refractivity contribution is 6.59. The van der Waals surface area contributed by atoms with Crippen LogP contribution in [0.3, 0.4) is 0 Å². The molecule has 0 rings (SSSR count). The summed E-state index contributed by atoms with van der Waals surface area (Å²) in [6.45, 7) is 7.12. The fourth-order valence-electron chi connectivity index (χ4n) is 0.948. The molecule has 0 spiro atoms. The van der Waals surface area contributed by atoms with Gasteiger partial charge in [0.2, 0.25) is 0 Å². The average molecular weight is 278 g/mol. The van der Waals surface area contributed by atoms with Gasteiger partial charge in [-0.15, -0.1) is 0 Å². The lowest BCUT2D eigenvalue weighted by atomic mass is 10.2. The summed E-state index contributed by atoms with van der Waals surface area (Å²) >= 11 is 0. The molecule has 0 amide bonds. The number of rotatable bonds is 6. The number of carbonyl (C=O) groups is 3. The van der Waals surface area contributed by atoms with Crippen LogP contribution in [0.25, 0.3) is 0 Å². The Morgan fingerprint density at radius 3 is 1.44 bits per heavy atom. The molecule has 0 N–H and O–H groups in total. The maximum Gasteiger partial charge on any atom is 0.899 e. The van der Waals surface area contributed by atoms with E-state index in [1.807, 2.05) is 13.8 Å². The SMILES string of the molecule is CC(=O)O[Si](OCC(C)C)(OC(C)=O)OC(C)=O. The van der Waals surface area contributed by atoms with E-state index in [1.165, 1.54) is 0 Å². The fraction of sp³-hybridized carbons (Fsp3) is 0.700. The lowest BCUT2D eigenvalue weighted by molar-refractivity contribution is -0.156. The van der Waals surface area contributed by atoms with Gasteiger partial charge in [0.25, 0.3) is 17.9 Å². The molecule has 7 nitrogen and oxygen atoms in total. The molecular formula is C10H18O7Si. The molecule has 0 radical (unpaired) electrons. The summed E-state index contributed by atoms with van der Waals surface area (Å²) in [5, 5.41) is 0. The first-order valence-corrected chi connectivity index (χ1v) is 7.03. The largest absolute Gasteiger partial charge is 0.899 e. The first-order valence-electron chi connectivity index (χ1n) is 5.39. The molecule has 0 aliphatic heterocycles. The number of hydrogen-bond acceptors (Lipinski definition) is 7. The molecule has 0 unspecified atom stereocenters. The number of hydrogen-bond donors (Lipinski definition) is 0. The Morgan fingerprint density at radius 2 is 1.22 bits per heavy atom. The Balaban J connectivity index is 5.02. The maximum atomic E-state index is 11.0. The third-order valence-electron chi connectivity index (χ3n) is 1.40. The molecule has 8 heteroatoms. The second-order valence-electron chi connectivity index (χ2n) is 3.99. The van der Waals surface area contributed by atoms with E-state index in [4.69, 9.17) is 17.7 Å². The number of carbonyl (C=O) groups excluding carboxylic acids is 3. The molecule has 18 heavy (non-hydrogen) atoms. The van der Waals surface area contributed by atoms with E-state index >= 15 is 0 Å². The van der Waals surface area contributed by atoms with E-state index in [0.717, 1.165) is 20.8 Å². The zero-order valence-corrected chi connectivity index (χ0v) is 12.1. The van der Waals surface area contributed by atoms with Crippen molar-refractivity contribution < 1.29 is 32.1 Å². The van der Waals surface area contributed by atoms with Crippen LogP contribution in [-0.4, -0.2) is 33.6 Å². The summed E-state index contributed by atoms with van der Waals surface area (Å²) in [6, 6.07) is 0. The Hall–Kier alpha value is -1.41. The Morgan fingerprint density at radius 1 is 0.889 bits per heavy atom. The van der Waals surface area contributed by atoms with E-state index in [0.29, 0.717) is 0 Å². The predicted molar refractivity (Wildman–Crippen MR) is 61.8 cm³/mol. The average Bonchev–Trinajstić information content (AvgIpc) is 2.11. The van der Waals surface area contributed by atoms with Crippen LogP contribution in [0.1, 0.15) is 34.6 Å². The lowest BCUT2D eigenvalue weighted by Gasteiger charge is -2.24. The van der Waals surface area contributed by atoms with Crippen LogP contribution in [-0.2, 0) is 32.1 Å². The van der Waals surface area contributed by atoms with Crippen molar-refractivity contribution >= 4 is 27.0 Å². The first kappa shape index (κ1) is 16.6. The van der Waals surface area contributed by atoms with Gasteiger partial charge in [-0.25, -0.2) is 0 Å². The predicted octanol–water partition coefficient (Wildman–Crippen LogP) is 0.784. The van der Waals surface area contributed by atoms with Crippen molar-refractivity contribution in [1.82, 2.24) is 0 Å². The molecule has 0 saturated carbocycles. The second-order valence-corrected chi connectivity index (χ2v) is 5.89. The molecule has 0 aliphatic rings. The van der Waals surface area contributed by atoms with Crippen LogP contribution in [0, 0.1) is 5.92 Å². The summed E-state index contributed by atoms with van der Waals surface area (Å²) in [4.78, 5) is 33.1. The highest BCUT2D eigenvalue weighted by Crippen LogP contribution is 2.15. The molecule has 0 aromatic heterocycles. The molecule has 0 bridgehead atoms. The van der Waals surface area contributed by atoms with Gasteiger partial charge in [0.1, 0.15) is 0 Å². The van der Waals surface area contributed by atoms with E-state index < -0.39 is 27.0 Å². The minimum Gasteiger partial charge on any atom is -0.433 e. The molecule has 104 valence electrons. The molecule has 0 aromatic carbocycles. The van der Waals surface area contributed by atoms with Gasteiger partial charge in [0.05, 0.1) is 0 Å². The minimum atomic E-state index is -4.10. The summed E-state index contributed by atoms with van der Waals surface area (Å²) in [5.74, 6) is -2.19. The van der Waals surface area contributed by atoms with Crippen molar-refractivity contribution in [2.45, 2.75) is 34.6 Å². The zero-order chi connectivity index (χ0) is 14.3. The summed E-state index contributed by atoms with van der Waals surface area (Å²) in [6.07, 6.45) is 0. The van der Waals surface area contributed by atoms with Gasteiger partial charge < -0.3 is 17.7 Å². The molecule has 0 atom stereocenters. The van der Waals surface area contributed by atoms with Crippen molar-refractivity contribution in [3.63, 3.8) is 0 Å². The highest BCUT2D eigenvalue weighted by Gasteiger charge is 2.57. The van der Waals surface area contributed by atoms with E-state index in [2.05, 4.69) is 0 Å². The Labute approximate surface area is 107 Å². The monoisotopic (exact) mass is 278 g/mol. The van der Waals surface area contributed by atoms with Gasteiger partial charge in [-0.1, -0.05) is 13.8 Å². The van der Waals surface area contributed by atoms with Crippen molar-refractivity contribution in [1.29, 1.82) is 0 Å². The molecule has 0 saturated heterocycles. The molecule has 0 fully saturated rings. The summed E-state index contributed by atoms with van der Waals surface area (Å²) in [5.41, 5.74) is 0. The Kier molecular flexibility index (Phi) is 6.56. The van der Waals surface area contributed by atoms with Gasteiger partial charge in [-0.3, -0.25) is 14.4 Å². The van der Waals surface area contributed by atoms with Crippen molar-refractivity contribution in [2.75, 3.05) is 6.61 Å². The lowest BCUT2D eigenvalue weighted by Crippen LogP contribution is -2.52. The van der Waals surface area contributed by atoms with Gasteiger partial charge in [-0.2, -0.15) is 0 Å². The van der Waals surface area contributed by atoms with Gasteiger partial charge in [0, 0.05) is 27.4 Å². The van der Waals surface area contributed by atoms with Crippen LogP contribution in [0.5, 0.6) is 0 Å². The van der Waals surface area contributed by atoms with Crippen LogP contribution >= 0.6 is 0 Å². The standard InChI is InChI=1S/C10H18O7Si/c1-7(2)6-14-18(15-8(3)11,16-9(4)12)17-10(5)13/h7H,6H2,1-5H3. The second kappa shape index (κ2) is 7.12.